The SMILES string of the molecule is C[C@@H]1CN(C(=O)N2CCOC(CO)C2)C[C@H]1C(=O)O. The second-order valence-electron chi connectivity index (χ2n) is 5.23. The molecule has 2 heterocycles. The van der Waals surface area contributed by atoms with Crippen LogP contribution >= 0.6 is 0 Å². The van der Waals surface area contributed by atoms with E-state index in [2.05, 4.69) is 0 Å². The van der Waals surface area contributed by atoms with Crippen LogP contribution in [0.25, 0.3) is 0 Å². The lowest BCUT2D eigenvalue weighted by molar-refractivity contribution is -0.142. The fraction of sp³-hybridized carbons (Fsp3) is 0.833. The fourth-order valence-electron chi connectivity index (χ4n) is 2.65. The van der Waals surface area contributed by atoms with E-state index in [1.807, 2.05) is 6.92 Å². The number of carboxylic acid groups (broad SMARTS) is 1. The largest absolute Gasteiger partial charge is 0.481 e. The number of rotatable bonds is 2. The molecule has 3 atom stereocenters. The Kier molecular flexibility index (Phi) is 4.26. The van der Waals surface area contributed by atoms with Crippen molar-refractivity contribution < 1.29 is 24.5 Å². The average molecular weight is 272 g/mol. The van der Waals surface area contributed by atoms with Gasteiger partial charge in [-0.3, -0.25) is 4.79 Å². The minimum absolute atomic E-state index is 0.0314. The van der Waals surface area contributed by atoms with Crippen molar-refractivity contribution in [3.05, 3.63) is 0 Å². The van der Waals surface area contributed by atoms with Crippen molar-refractivity contribution in [3.8, 4) is 0 Å². The van der Waals surface area contributed by atoms with E-state index < -0.39 is 11.9 Å². The predicted octanol–water partition coefficient (Wildman–Crippen LogP) is -0.548. The van der Waals surface area contributed by atoms with Gasteiger partial charge in [0.2, 0.25) is 0 Å². The van der Waals surface area contributed by atoms with E-state index in [0.717, 1.165) is 0 Å². The van der Waals surface area contributed by atoms with E-state index >= 15 is 0 Å². The Morgan fingerprint density at radius 2 is 2.00 bits per heavy atom. The number of urea groups is 1. The topological polar surface area (TPSA) is 90.3 Å². The van der Waals surface area contributed by atoms with Gasteiger partial charge in [-0.2, -0.15) is 0 Å². The van der Waals surface area contributed by atoms with Gasteiger partial charge in [0.1, 0.15) is 0 Å². The second-order valence-corrected chi connectivity index (χ2v) is 5.23. The number of ether oxygens (including phenoxy) is 1. The van der Waals surface area contributed by atoms with Crippen molar-refractivity contribution in [1.82, 2.24) is 9.80 Å². The molecule has 0 bridgehead atoms. The summed E-state index contributed by atoms with van der Waals surface area (Å²) in [4.78, 5) is 26.6. The van der Waals surface area contributed by atoms with Crippen LogP contribution in [0.4, 0.5) is 4.79 Å². The summed E-state index contributed by atoms with van der Waals surface area (Å²) in [5.74, 6) is -1.37. The van der Waals surface area contributed by atoms with Crippen molar-refractivity contribution in [2.45, 2.75) is 13.0 Å². The van der Waals surface area contributed by atoms with Crippen molar-refractivity contribution in [3.63, 3.8) is 0 Å². The van der Waals surface area contributed by atoms with Crippen LogP contribution in [0, 0.1) is 11.8 Å². The number of nitrogens with zero attached hydrogens (tertiary/aromatic N) is 2. The smallest absolute Gasteiger partial charge is 0.320 e. The molecule has 0 aromatic carbocycles. The Bertz CT molecular complexity index is 362. The number of hydrogen-bond acceptors (Lipinski definition) is 4. The van der Waals surface area contributed by atoms with Crippen LogP contribution in [0.15, 0.2) is 0 Å². The number of aliphatic carboxylic acids is 1. The molecule has 0 spiro atoms. The zero-order valence-electron chi connectivity index (χ0n) is 11.0. The third-order valence-electron chi connectivity index (χ3n) is 3.81. The first kappa shape index (κ1) is 14.1. The normalized spacial score (nSPS) is 31.6. The Hall–Kier alpha value is -1.34. The molecule has 2 fully saturated rings. The molecule has 2 amide bonds. The number of aliphatic hydroxyl groups excluding tert-OH is 1. The highest BCUT2D eigenvalue weighted by atomic mass is 16.5. The van der Waals surface area contributed by atoms with E-state index in [1.165, 1.54) is 0 Å². The van der Waals surface area contributed by atoms with Crippen molar-refractivity contribution >= 4 is 12.0 Å². The maximum absolute atomic E-state index is 12.3. The third-order valence-corrected chi connectivity index (χ3v) is 3.81. The lowest BCUT2D eigenvalue weighted by Crippen LogP contribution is -2.51. The zero-order chi connectivity index (χ0) is 14.0. The molecule has 0 aromatic heterocycles. The minimum atomic E-state index is -0.849. The van der Waals surface area contributed by atoms with Crippen molar-refractivity contribution in [1.29, 1.82) is 0 Å². The highest BCUT2D eigenvalue weighted by Crippen LogP contribution is 2.24. The maximum atomic E-state index is 12.3. The fourth-order valence-corrected chi connectivity index (χ4v) is 2.65. The molecule has 0 radical (unpaired) electrons. The van der Waals surface area contributed by atoms with Gasteiger partial charge in [0.15, 0.2) is 0 Å². The second kappa shape index (κ2) is 5.75. The molecule has 7 heteroatoms. The minimum Gasteiger partial charge on any atom is -0.481 e. The molecule has 0 aromatic rings. The Morgan fingerprint density at radius 3 is 2.58 bits per heavy atom. The van der Waals surface area contributed by atoms with Gasteiger partial charge in [0.25, 0.3) is 0 Å². The van der Waals surface area contributed by atoms with Gasteiger partial charge in [0, 0.05) is 19.6 Å². The number of hydrogen-bond donors (Lipinski definition) is 2. The number of carbonyl (C=O) groups is 2. The number of carboxylic acids is 1. The Balaban J connectivity index is 1.95. The van der Waals surface area contributed by atoms with Crippen LogP contribution in [0.3, 0.4) is 0 Å². The monoisotopic (exact) mass is 272 g/mol. The molecule has 0 saturated carbocycles. The molecular weight excluding hydrogens is 252 g/mol. The van der Waals surface area contributed by atoms with E-state index in [1.54, 1.807) is 9.80 Å². The standard InChI is InChI=1S/C12H20N2O5/c1-8-4-14(6-10(8)11(16)17)12(18)13-2-3-19-9(5-13)7-15/h8-10,15H,2-7H2,1H3,(H,16,17)/t8-,9?,10-/m1/s1. The molecule has 0 aliphatic carbocycles. The van der Waals surface area contributed by atoms with Gasteiger partial charge in [-0.05, 0) is 5.92 Å². The van der Waals surface area contributed by atoms with Crippen LogP contribution in [0.2, 0.25) is 0 Å². The van der Waals surface area contributed by atoms with Gasteiger partial charge in [-0.25, -0.2) is 4.79 Å². The molecule has 2 N–H and O–H groups in total. The van der Waals surface area contributed by atoms with Gasteiger partial charge in [-0.15, -0.1) is 0 Å². The summed E-state index contributed by atoms with van der Waals surface area (Å²) < 4.78 is 5.29. The van der Waals surface area contributed by atoms with E-state index in [0.29, 0.717) is 26.2 Å². The predicted molar refractivity (Wildman–Crippen MR) is 65.7 cm³/mol. The van der Waals surface area contributed by atoms with Gasteiger partial charge in [0.05, 0.1) is 31.8 Å². The van der Waals surface area contributed by atoms with E-state index in [4.69, 9.17) is 14.9 Å². The third kappa shape index (κ3) is 2.98. The molecular formula is C12H20N2O5. The van der Waals surface area contributed by atoms with E-state index in [-0.39, 0.29) is 31.2 Å². The molecule has 2 saturated heterocycles. The van der Waals surface area contributed by atoms with Gasteiger partial charge >= 0.3 is 12.0 Å². The summed E-state index contributed by atoms with van der Waals surface area (Å²) >= 11 is 0. The van der Waals surface area contributed by atoms with E-state index in [9.17, 15) is 9.59 Å². The zero-order valence-corrected chi connectivity index (χ0v) is 11.0. The molecule has 19 heavy (non-hydrogen) atoms. The summed E-state index contributed by atoms with van der Waals surface area (Å²) in [6.07, 6.45) is -0.340. The molecule has 2 aliphatic rings. The summed E-state index contributed by atoms with van der Waals surface area (Å²) in [5, 5.41) is 18.1. The molecule has 1 unspecified atom stereocenters. The number of amides is 2. The van der Waals surface area contributed by atoms with Gasteiger partial charge < -0.3 is 24.7 Å². The number of morpholine rings is 1. The first-order chi connectivity index (χ1) is 9.02. The van der Waals surface area contributed by atoms with Crippen LogP contribution in [0.1, 0.15) is 6.92 Å². The quantitative estimate of drug-likeness (QED) is 0.704. The Labute approximate surface area is 111 Å². The Morgan fingerprint density at radius 1 is 1.26 bits per heavy atom. The number of carbonyl (C=O) groups excluding carboxylic acids is 1. The molecule has 7 nitrogen and oxygen atoms in total. The van der Waals surface area contributed by atoms with Gasteiger partial charge in [-0.1, -0.05) is 6.92 Å². The van der Waals surface area contributed by atoms with Crippen molar-refractivity contribution in [2.75, 3.05) is 39.4 Å². The highest BCUT2D eigenvalue weighted by Gasteiger charge is 2.39. The van der Waals surface area contributed by atoms with Crippen LogP contribution < -0.4 is 0 Å². The summed E-state index contributed by atoms with van der Waals surface area (Å²) in [6.45, 7) is 3.71. The maximum Gasteiger partial charge on any atom is 0.320 e. The number of likely N-dealkylation sites (tertiary alicyclic amines) is 1. The summed E-state index contributed by atoms with van der Waals surface area (Å²) in [6, 6.07) is -0.155. The summed E-state index contributed by atoms with van der Waals surface area (Å²) in [5.41, 5.74) is 0. The van der Waals surface area contributed by atoms with Crippen molar-refractivity contribution in [2.24, 2.45) is 11.8 Å². The lowest BCUT2D eigenvalue weighted by Gasteiger charge is -2.34. The van der Waals surface area contributed by atoms with Crippen LogP contribution in [-0.4, -0.2) is 77.5 Å². The molecule has 108 valence electrons. The molecule has 2 rings (SSSR count). The first-order valence-electron chi connectivity index (χ1n) is 6.52. The van der Waals surface area contributed by atoms with Crippen LogP contribution in [0.5, 0.6) is 0 Å². The highest BCUT2D eigenvalue weighted by molar-refractivity contribution is 5.77. The summed E-state index contributed by atoms with van der Waals surface area (Å²) in [7, 11) is 0. The lowest BCUT2D eigenvalue weighted by atomic mass is 9.99. The number of aliphatic hydroxyl groups is 1. The van der Waals surface area contributed by atoms with Crippen LogP contribution in [-0.2, 0) is 9.53 Å². The first-order valence-corrected chi connectivity index (χ1v) is 6.52. The average Bonchev–Trinajstić information content (AvgIpc) is 2.80. The molecule has 2 aliphatic heterocycles.